The third kappa shape index (κ3) is 3.77. The van der Waals surface area contributed by atoms with Crippen molar-refractivity contribution < 1.29 is 17.9 Å². The highest BCUT2D eigenvalue weighted by atomic mass is 32.2. The average molecular weight is 408 g/mol. The summed E-state index contributed by atoms with van der Waals surface area (Å²) in [4.78, 5) is 16.3. The fraction of sp³-hybridized carbons (Fsp3) is 0.444. The van der Waals surface area contributed by atoms with E-state index in [0.717, 1.165) is 0 Å². The first-order valence-electron chi connectivity index (χ1n) is 8.88. The number of piperidine rings is 1. The molecule has 2 fully saturated rings. The first-order chi connectivity index (χ1) is 13.0. The zero-order chi connectivity index (χ0) is 18.9. The predicted octanol–water partition coefficient (Wildman–Crippen LogP) is 1.89. The smallest absolute Gasteiger partial charge is 0.270 e. The van der Waals surface area contributed by atoms with Crippen LogP contribution in [0.15, 0.2) is 46.1 Å². The van der Waals surface area contributed by atoms with Crippen LogP contribution in [0.2, 0.25) is 0 Å². The molecule has 4 rings (SSSR count). The van der Waals surface area contributed by atoms with Crippen LogP contribution >= 0.6 is 11.3 Å². The van der Waals surface area contributed by atoms with E-state index in [4.69, 9.17) is 4.74 Å². The minimum atomic E-state index is -3.42. The fourth-order valence-corrected chi connectivity index (χ4v) is 6.30. The monoisotopic (exact) mass is 407 g/mol. The summed E-state index contributed by atoms with van der Waals surface area (Å²) >= 11 is 1.24. The Morgan fingerprint density at radius 1 is 1.26 bits per heavy atom. The van der Waals surface area contributed by atoms with Crippen LogP contribution in [-0.4, -0.2) is 55.0 Å². The maximum Gasteiger partial charge on any atom is 0.270 e. The van der Waals surface area contributed by atoms with Crippen molar-refractivity contribution in [1.29, 1.82) is 0 Å². The predicted molar refractivity (Wildman–Crippen MR) is 101 cm³/mol. The van der Waals surface area contributed by atoms with Crippen molar-refractivity contribution in [3.8, 4) is 0 Å². The molecule has 0 unspecified atom stereocenters. The maximum absolute atomic E-state index is 12.6. The lowest BCUT2D eigenvalue weighted by Crippen LogP contribution is -2.47. The number of hydrogen-bond donors (Lipinski definition) is 1. The summed E-state index contributed by atoms with van der Waals surface area (Å²) in [6.07, 6.45) is 3.55. The summed E-state index contributed by atoms with van der Waals surface area (Å²) < 4.78 is 33.2. The molecule has 2 aliphatic rings. The van der Waals surface area contributed by atoms with Gasteiger partial charge in [-0.2, -0.15) is 4.31 Å². The number of hydrogen-bond acceptors (Lipinski definition) is 6. The van der Waals surface area contributed by atoms with Crippen LogP contribution in [-0.2, 0) is 14.8 Å². The van der Waals surface area contributed by atoms with Gasteiger partial charge in [0.25, 0.3) is 15.9 Å². The molecule has 4 heterocycles. The van der Waals surface area contributed by atoms with E-state index in [2.05, 4.69) is 10.3 Å². The standard InChI is InChI=1S/C18H21N3O4S2/c22-17(15-4-1-2-8-19-15)20-14-12-18(25-13-14)6-9-21(10-7-18)27(23,24)16-5-3-11-26-16/h1-5,8,11,14H,6-7,9-10,12-13H2,(H,20,22)/t14-/m0/s1. The number of carbonyl (C=O) groups excluding carboxylic acids is 1. The molecule has 0 radical (unpaired) electrons. The summed E-state index contributed by atoms with van der Waals surface area (Å²) in [6.45, 7) is 1.30. The zero-order valence-electron chi connectivity index (χ0n) is 14.7. The van der Waals surface area contributed by atoms with Gasteiger partial charge in [0.2, 0.25) is 0 Å². The molecule has 144 valence electrons. The van der Waals surface area contributed by atoms with Gasteiger partial charge in [-0.1, -0.05) is 12.1 Å². The molecule has 7 nitrogen and oxygen atoms in total. The molecule has 1 N–H and O–H groups in total. The number of ether oxygens (including phenoxy) is 1. The molecule has 0 saturated carbocycles. The van der Waals surface area contributed by atoms with Crippen LogP contribution in [0, 0.1) is 0 Å². The van der Waals surface area contributed by atoms with Gasteiger partial charge in [-0.25, -0.2) is 8.42 Å². The summed E-state index contributed by atoms with van der Waals surface area (Å²) in [7, 11) is -3.42. The van der Waals surface area contributed by atoms with E-state index in [1.54, 1.807) is 41.9 Å². The Hall–Kier alpha value is -1.81. The highest BCUT2D eigenvalue weighted by Gasteiger charge is 2.45. The van der Waals surface area contributed by atoms with E-state index < -0.39 is 10.0 Å². The molecule has 1 atom stereocenters. The van der Waals surface area contributed by atoms with Gasteiger partial charge in [-0.05, 0) is 42.8 Å². The molecule has 1 amide bonds. The number of aromatic nitrogens is 1. The lowest BCUT2D eigenvalue weighted by molar-refractivity contribution is -0.0311. The Kier molecular flexibility index (Phi) is 5.02. The van der Waals surface area contributed by atoms with Crippen LogP contribution in [0.25, 0.3) is 0 Å². The third-order valence-corrected chi connectivity index (χ3v) is 8.44. The fourth-order valence-electron chi connectivity index (χ4n) is 3.71. The highest BCUT2D eigenvalue weighted by molar-refractivity contribution is 7.91. The number of thiophene rings is 1. The zero-order valence-corrected chi connectivity index (χ0v) is 16.3. The Morgan fingerprint density at radius 2 is 2.07 bits per heavy atom. The van der Waals surface area contributed by atoms with E-state index in [-0.39, 0.29) is 17.6 Å². The summed E-state index contributed by atoms with van der Waals surface area (Å²) in [5.41, 5.74) is 0.0269. The second kappa shape index (κ2) is 7.31. The number of carbonyl (C=O) groups is 1. The second-order valence-corrected chi connectivity index (χ2v) is 10.0. The number of amides is 1. The maximum atomic E-state index is 12.6. The SMILES string of the molecule is O=C(N[C@@H]1COC2(CCN(S(=O)(=O)c3cccs3)CC2)C1)c1ccccn1. The lowest BCUT2D eigenvalue weighted by atomic mass is 9.88. The molecule has 2 saturated heterocycles. The van der Waals surface area contributed by atoms with Crippen molar-refractivity contribution in [3.05, 3.63) is 47.6 Å². The van der Waals surface area contributed by atoms with E-state index >= 15 is 0 Å². The molecule has 2 aliphatic heterocycles. The summed E-state index contributed by atoms with van der Waals surface area (Å²) in [5, 5.41) is 4.75. The number of pyridine rings is 1. The minimum absolute atomic E-state index is 0.0834. The Labute approximate surface area is 162 Å². The third-order valence-electron chi connectivity index (χ3n) is 5.16. The van der Waals surface area contributed by atoms with Crippen LogP contribution < -0.4 is 5.32 Å². The number of sulfonamides is 1. The number of nitrogens with one attached hydrogen (secondary N) is 1. The molecule has 27 heavy (non-hydrogen) atoms. The van der Waals surface area contributed by atoms with Crippen molar-refractivity contribution in [1.82, 2.24) is 14.6 Å². The molecular formula is C18H21N3O4S2. The summed E-state index contributed by atoms with van der Waals surface area (Å²) in [5.74, 6) is -0.209. The van der Waals surface area contributed by atoms with E-state index in [0.29, 0.717) is 48.9 Å². The van der Waals surface area contributed by atoms with Gasteiger partial charge in [0.1, 0.15) is 9.90 Å². The van der Waals surface area contributed by atoms with Gasteiger partial charge < -0.3 is 10.1 Å². The van der Waals surface area contributed by atoms with Crippen LogP contribution in [0.5, 0.6) is 0 Å². The van der Waals surface area contributed by atoms with Crippen molar-refractivity contribution in [2.75, 3.05) is 19.7 Å². The topological polar surface area (TPSA) is 88.6 Å². The Bertz CT molecular complexity index is 892. The van der Waals surface area contributed by atoms with E-state index in [9.17, 15) is 13.2 Å². The van der Waals surface area contributed by atoms with Gasteiger partial charge >= 0.3 is 0 Å². The van der Waals surface area contributed by atoms with Crippen LogP contribution in [0.1, 0.15) is 29.8 Å². The largest absolute Gasteiger partial charge is 0.373 e. The van der Waals surface area contributed by atoms with Crippen molar-refractivity contribution in [2.24, 2.45) is 0 Å². The minimum Gasteiger partial charge on any atom is -0.373 e. The first kappa shape index (κ1) is 18.5. The van der Waals surface area contributed by atoms with Crippen LogP contribution in [0.4, 0.5) is 0 Å². The van der Waals surface area contributed by atoms with Gasteiger partial charge in [0.15, 0.2) is 0 Å². The molecular weight excluding hydrogens is 386 g/mol. The molecule has 0 aliphatic carbocycles. The molecule has 9 heteroatoms. The number of nitrogens with zero attached hydrogens (tertiary/aromatic N) is 2. The van der Waals surface area contributed by atoms with Gasteiger partial charge in [0.05, 0.1) is 18.2 Å². The Balaban J connectivity index is 1.35. The molecule has 0 bridgehead atoms. The van der Waals surface area contributed by atoms with Crippen molar-refractivity contribution in [3.63, 3.8) is 0 Å². The molecule has 2 aromatic rings. The first-order valence-corrected chi connectivity index (χ1v) is 11.2. The number of rotatable bonds is 4. The summed E-state index contributed by atoms with van der Waals surface area (Å²) in [6, 6.07) is 8.52. The van der Waals surface area contributed by atoms with Crippen molar-refractivity contribution >= 4 is 27.3 Å². The van der Waals surface area contributed by atoms with Crippen LogP contribution in [0.3, 0.4) is 0 Å². The van der Waals surface area contributed by atoms with Gasteiger partial charge in [0, 0.05) is 19.3 Å². The van der Waals surface area contributed by atoms with E-state index in [1.165, 1.54) is 15.6 Å². The quantitative estimate of drug-likeness (QED) is 0.836. The van der Waals surface area contributed by atoms with Gasteiger partial charge in [-0.15, -0.1) is 11.3 Å². The average Bonchev–Trinajstić information content (AvgIpc) is 3.34. The highest BCUT2D eigenvalue weighted by Crippen LogP contribution is 2.37. The molecule has 0 aromatic carbocycles. The second-order valence-electron chi connectivity index (χ2n) is 6.92. The lowest BCUT2D eigenvalue weighted by Gasteiger charge is -2.37. The molecule has 1 spiro atoms. The molecule has 2 aromatic heterocycles. The van der Waals surface area contributed by atoms with Crippen molar-refractivity contribution in [2.45, 2.75) is 35.1 Å². The normalized spacial score (nSPS) is 22.7. The van der Waals surface area contributed by atoms with Gasteiger partial charge in [-0.3, -0.25) is 9.78 Å². The Morgan fingerprint density at radius 3 is 2.74 bits per heavy atom. The van der Waals surface area contributed by atoms with E-state index in [1.807, 2.05) is 0 Å².